The normalized spacial score (nSPS) is 18.7. The van der Waals surface area contributed by atoms with Crippen molar-refractivity contribution < 1.29 is 9.59 Å². The molecule has 3 heterocycles. The zero-order valence-electron chi connectivity index (χ0n) is 25.5. The van der Waals surface area contributed by atoms with Crippen LogP contribution in [0.1, 0.15) is 48.7 Å². The van der Waals surface area contributed by atoms with E-state index in [-0.39, 0.29) is 17.9 Å². The van der Waals surface area contributed by atoms with E-state index in [0.29, 0.717) is 23.9 Å². The van der Waals surface area contributed by atoms with E-state index >= 15 is 0 Å². The van der Waals surface area contributed by atoms with Gasteiger partial charge in [-0.1, -0.05) is 24.3 Å². The third-order valence-corrected chi connectivity index (χ3v) is 7.97. The molecule has 0 aliphatic heterocycles. The quantitative estimate of drug-likeness (QED) is 0.240. The minimum absolute atomic E-state index is 0.105. The number of likely N-dealkylation sites (N-methyl/N-ethyl adjacent to an activating group) is 2. The van der Waals surface area contributed by atoms with Crippen molar-refractivity contribution in [1.82, 2.24) is 30.2 Å². The number of hydrogen-bond donors (Lipinski definition) is 3. The Morgan fingerprint density at radius 1 is 1.12 bits per heavy atom. The van der Waals surface area contributed by atoms with Crippen molar-refractivity contribution >= 4 is 34.4 Å². The predicted molar refractivity (Wildman–Crippen MR) is 171 cm³/mol. The highest BCUT2D eigenvalue weighted by Crippen LogP contribution is 2.32. The second-order valence-electron chi connectivity index (χ2n) is 11.9. The number of aromatic nitrogens is 4. The molecule has 43 heavy (non-hydrogen) atoms. The van der Waals surface area contributed by atoms with Crippen molar-refractivity contribution in [3.8, 4) is 11.3 Å². The lowest BCUT2D eigenvalue weighted by Gasteiger charge is -2.39. The molecule has 1 aliphatic rings. The number of aryl methyl sites for hydroxylation is 1. The van der Waals surface area contributed by atoms with Gasteiger partial charge in [0.25, 0.3) is 5.91 Å². The second-order valence-corrected chi connectivity index (χ2v) is 11.9. The lowest BCUT2D eigenvalue weighted by Crippen LogP contribution is -2.51. The molecule has 3 aromatic heterocycles. The van der Waals surface area contributed by atoms with Gasteiger partial charge in [-0.05, 0) is 77.4 Å². The fourth-order valence-electron chi connectivity index (χ4n) is 5.62. The van der Waals surface area contributed by atoms with Crippen molar-refractivity contribution in [1.29, 1.82) is 0 Å². The van der Waals surface area contributed by atoms with Gasteiger partial charge in [-0.3, -0.25) is 9.59 Å². The van der Waals surface area contributed by atoms with Crippen molar-refractivity contribution in [2.24, 2.45) is 0 Å². The Bertz CT molecular complexity index is 1630. The summed E-state index contributed by atoms with van der Waals surface area (Å²) in [6.07, 6.45) is 12.3. The number of rotatable bonds is 9. The number of nitrogens with one attached hydrogen (secondary N) is 3. The Hall–Kier alpha value is -4.57. The predicted octanol–water partition coefficient (Wildman–Crippen LogP) is 4.95. The number of carbonyl (C=O) groups is 2. The summed E-state index contributed by atoms with van der Waals surface area (Å²) in [6.45, 7) is 4.78. The molecule has 5 rings (SSSR count). The molecule has 0 spiro atoms. The van der Waals surface area contributed by atoms with Crippen LogP contribution < -0.4 is 15.5 Å². The minimum atomic E-state index is -0.415. The average Bonchev–Trinajstić information content (AvgIpc) is 3.41. The van der Waals surface area contributed by atoms with Gasteiger partial charge in [0.1, 0.15) is 5.69 Å². The smallest absolute Gasteiger partial charge is 0.270 e. The maximum atomic E-state index is 13.2. The summed E-state index contributed by atoms with van der Waals surface area (Å²) in [5.41, 5.74) is 4.54. The summed E-state index contributed by atoms with van der Waals surface area (Å²) in [6, 6.07) is 11.7. The van der Waals surface area contributed by atoms with E-state index in [4.69, 9.17) is 4.98 Å². The maximum Gasteiger partial charge on any atom is 0.270 e. The Balaban J connectivity index is 1.22. The van der Waals surface area contributed by atoms with Gasteiger partial charge in [0.15, 0.2) is 0 Å². The first-order valence-corrected chi connectivity index (χ1v) is 14.7. The van der Waals surface area contributed by atoms with E-state index < -0.39 is 5.54 Å². The van der Waals surface area contributed by atoms with Gasteiger partial charge in [-0.15, -0.1) is 0 Å². The Morgan fingerprint density at radius 3 is 2.70 bits per heavy atom. The molecule has 1 fully saturated rings. The van der Waals surface area contributed by atoms with Crippen LogP contribution in [0.3, 0.4) is 0 Å². The molecule has 2 amide bonds. The number of fused-ring (bicyclic) bond motifs is 1. The van der Waals surface area contributed by atoms with Gasteiger partial charge in [-0.25, -0.2) is 15.0 Å². The third-order valence-electron chi connectivity index (χ3n) is 7.97. The minimum Gasteiger partial charge on any atom is -0.360 e. The summed E-state index contributed by atoms with van der Waals surface area (Å²) in [4.78, 5) is 46.3. The molecule has 2 atom stereocenters. The van der Waals surface area contributed by atoms with Crippen LogP contribution >= 0.6 is 0 Å². The Kier molecular flexibility index (Phi) is 8.86. The summed E-state index contributed by atoms with van der Waals surface area (Å²) >= 11 is 0. The standard InChI is InChI=1S/C33H40N8O2/c1-22-19-36-32(38-30(22)26-21-35-27-12-7-6-11-25(26)27)37-23-10-8-16-33(2,18-23)39-31(43)28-15-14-24(20-34-28)41(5)29(42)13-9-17-40(3)4/h6-7,9,11-15,19-21,23,35H,8,10,16-18H2,1-5H3,(H,39,43)(H,36,37,38)/b13-9+/t23-,33+/m1/s1. The number of para-hydroxylation sites is 1. The Labute approximate surface area is 252 Å². The molecule has 10 heteroatoms. The molecule has 224 valence electrons. The van der Waals surface area contributed by atoms with Crippen LogP contribution in [-0.4, -0.2) is 75.9 Å². The van der Waals surface area contributed by atoms with Crippen LogP contribution in [0.2, 0.25) is 0 Å². The number of anilines is 2. The zero-order valence-corrected chi connectivity index (χ0v) is 25.5. The fourth-order valence-corrected chi connectivity index (χ4v) is 5.62. The molecule has 0 radical (unpaired) electrons. The molecule has 4 aromatic rings. The zero-order chi connectivity index (χ0) is 30.6. The number of hydrogen-bond acceptors (Lipinski definition) is 7. The van der Waals surface area contributed by atoms with Gasteiger partial charge < -0.3 is 25.4 Å². The van der Waals surface area contributed by atoms with Gasteiger partial charge in [0.05, 0.1) is 17.6 Å². The molecular weight excluding hydrogens is 540 g/mol. The lowest BCUT2D eigenvalue weighted by atomic mass is 9.80. The fraction of sp³-hybridized carbons (Fsp3) is 0.364. The van der Waals surface area contributed by atoms with Gasteiger partial charge in [-0.2, -0.15) is 0 Å². The van der Waals surface area contributed by atoms with Crippen LogP contribution in [0.5, 0.6) is 0 Å². The van der Waals surface area contributed by atoms with Crippen LogP contribution in [0.15, 0.2) is 67.1 Å². The number of aromatic amines is 1. The molecule has 0 bridgehead atoms. The number of pyridine rings is 1. The first-order chi connectivity index (χ1) is 20.6. The van der Waals surface area contributed by atoms with E-state index in [1.165, 1.54) is 4.90 Å². The van der Waals surface area contributed by atoms with Crippen LogP contribution in [0.25, 0.3) is 22.2 Å². The molecule has 1 aliphatic carbocycles. The first kappa shape index (κ1) is 29.9. The molecule has 1 saturated carbocycles. The largest absolute Gasteiger partial charge is 0.360 e. The SMILES string of the molecule is Cc1cnc(N[C@@H]2CCC[C@](C)(NC(=O)c3ccc(N(C)C(=O)/C=C/CN(C)C)cn3)C2)nc1-c1c[nH]c2ccccc12. The summed E-state index contributed by atoms with van der Waals surface area (Å²) in [5.74, 6) is 0.196. The lowest BCUT2D eigenvalue weighted by molar-refractivity contribution is -0.113. The topological polar surface area (TPSA) is 119 Å². The second kappa shape index (κ2) is 12.7. The highest BCUT2D eigenvalue weighted by molar-refractivity contribution is 6.01. The average molecular weight is 581 g/mol. The van der Waals surface area contributed by atoms with Crippen LogP contribution in [0.4, 0.5) is 11.6 Å². The summed E-state index contributed by atoms with van der Waals surface area (Å²) < 4.78 is 0. The summed E-state index contributed by atoms with van der Waals surface area (Å²) in [5, 5.41) is 7.88. The molecule has 0 saturated heterocycles. The van der Waals surface area contributed by atoms with Crippen LogP contribution in [0, 0.1) is 6.92 Å². The summed E-state index contributed by atoms with van der Waals surface area (Å²) in [7, 11) is 5.57. The van der Waals surface area contributed by atoms with E-state index in [1.54, 1.807) is 31.5 Å². The molecule has 1 aromatic carbocycles. The number of H-pyrrole nitrogens is 1. The van der Waals surface area contributed by atoms with Crippen molar-refractivity contribution in [2.45, 2.75) is 51.1 Å². The van der Waals surface area contributed by atoms with E-state index in [2.05, 4.69) is 44.6 Å². The van der Waals surface area contributed by atoms with E-state index in [1.807, 2.05) is 56.5 Å². The maximum absolute atomic E-state index is 13.2. The Morgan fingerprint density at radius 2 is 1.93 bits per heavy atom. The first-order valence-electron chi connectivity index (χ1n) is 14.7. The number of carbonyl (C=O) groups excluding carboxylic acids is 2. The van der Waals surface area contributed by atoms with Crippen molar-refractivity contribution in [3.05, 3.63) is 78.4 Å². The van der Waals surface area contributed by atoms with Crippen LogP contribution in [-0.2, 0) is 4.79 Å². The third kappa shape index (κ3) is 7.09. The van der Waals surface area contributed by atoms with E-state index in [9.17, 15) is 9.59 Å². The molecular formula is C33H40N8O2. The van der Waals surface area contributed by atoms with Gasteiger partial charge >= 0.3 is 0 Å². The van der Waals surface area contributed by atoms with Gasteiger partial charge in [0, 0.05) is 60.1 Å². The highest BCUT2D eigenvalue weighted by atomic mass is 16.2. The van der Waals surface area contributed by atoms with E-state index in [0.717, 1.165) is 53.4 Å². The number of amides is 2. The molecule has 0 unspecified atom stereocenters. The van der Waals surface area contributed by atoms with Gasteiger partial charge in [0.2, 0.25) is 11.9 Å². The number of benzene rings is 1. The highest BCUT2D eigenvalue weighted by Gasteiger charge is 2.34. The number of nitrogens with zero attached hydrogens (tertiary/aromatic N) is 5. The molecule has 10 nitrogen and oxygen atoms in total. The van der Waals surface area contributed by atoms with Crippen molar-refractivity contribution in [3.63, 3.8) is 0 Å². The molecule has 3 N–H and O–H groups in total. The monoisotopic (exact) mass is 580 g/mol. The van der Waals surface area contributed by atoms with Crippen molar-refractivity contribution in [2.75, 3.05) is 37.9 Å².